The monoisotopic (exact) mass is 226 g/mol. The molecule has 0 radical (unpaired) electrons. The van der Waals surface area contributed by atoms with Gasteiger partial charge in [0.15, 0.2) is 0 Å². The number of halogens is 7. The van der Waals surface area contributed by atoms with E-state index >= 15 is 0 Å². The highest BCUT2D eigenvalue weighted by Gasteiger charge is 2.72. The maximum absolute atomic E-state index is 12.4. The third-order valence-corrected chi connectivity index (χ3v) is 1.66. The predicted octanol–water partition coefficient (Wildman–Crippen LogP) is 4.01. The van der Waals surface area contributed by atoms with Crippen LogP contribution < -0.4 is 0 Å². The Hall–Kier alpha value is -0.490. The molecule has 0 saturated heterocycles. The Morgan fingerprint density at radius 2 is 1.29 bits per heavy atom. The van der Waals surface area contributed by atoms with Crippen LogP contribution in [-0.4, -0.2) is 18.0 Å². The second kappa shape index (κ2) is 3.94. The Balaban J connectivity index is 4.69. The minimum absolute atomic E-state index is 0.128. The van der Waals surface area contributed by atoms with E-state index < -0.39 is 24.4 Å². The molecule has 0 aliphatic carbocycles. The van der Waals surface area contributed by atoms with Gasteiger partial charge in [0, 0.05) is 6.42 Å². The maximum Gasteiger partial charge on any atom is 0.459 e. The highest BCUT2D eigenvalue weighted by Crippen LogP contribution is 2.48. The summed E-state index contributed by atoms with van der Waals surface area (Å²) in [5.74, 6) is -11.0. The summed E-state index contributed by atoms with van der Waals surface area (Å²) >= 11 is 0. The molecule has 0 atom stereocenters. The lowest BCUT2D eigenvalue weighted by Gasteiger charge is -2.27. The molecule has 0 nitrogen and oxygen atoms in total. The zero-order chi connectivity index (χ0) is 11.6. The van der Waals surface area contributed by atoms with Crippen molar-refractivity contribution in [2.45, 2.75) is 44.2 Å². The summed E-state index contributed by atoms with van der Waals surface area (Å²) < 4.78 is 83.7. The first kappa shape index (κ1) is 13.5. The molecule has 0 aromatic heterocycles. The predicted molar refractivity (Wildman–Crippen MR) is 35.5 cm³/mol. The zero-order valence-electron chi connectivity index (χ0n) is 7.27. The highest BCUT2D eigenvalue weighted by atomic mass is 19.4. The van der Waals surface area contributed by atoms with Crippen LogP contribution in [-0.2, 0) is 0 Å². The first-order valence-corrected chi connectivity index (χ1v) is 3.88. The average Bonchev–Trinajstić information content (AvgIpc) is 1.98. The van der Waals surface area contributed by atoms with Crippen LogP contribution in [0.4, 0.5) is 30.7 Å². The third kappa shape index (κ3) is 2.51. The summed E-state index contributed by atoms with van der Waals surface area (Å²) in [5, 5.41) is 0. The van der Waals surface area contributed by atoms with E-state index in [4.69, 9.17) is 0 Å². The lowest BCUT2D eigenvalue weighted by atomic mass is 10.0. The maximum atomic E-state index is 12.4. The van der Waals surface area contributed by atoms with Crippen LogP contribution in [0.25, 0.3) is 0 Å². The molecule has 0 heterocycles. The number of rotatable bonds is 4. The number of hydrogen-bond acceptors (Lipinski definition) is 0. The van der Waals surface area contributed by atoms with Gasteiger partial charge < -0.3 is 0 Å². The molecule has 0 amide bonds. The number of alkyl halides is 7. The van der Waals surface area contributed by atoms with Gasteiger partial charge in [-0.15, -0.1) is 0 Å². The van der Waals surface area contributed by atoms with Gasteiger partial charge >= 0.3 is 18.0 Å². The van der Waals surface area contributed by atoms with Gasteiger partial charge in [-0.25, -0.2) is 0 Å². The first-order chi connectivity index (χ1) is 6.06. The standard InChI is InChI=1S/C7H9F7/c1-2-3-4-5(8,9)6(10,11)7(12,13)14/h2-4H2,1H3. The van der Waals surface area contributed by atoms with Gasteiger partial charge in [0.1, 0.15) is 0 Å². The summed E-state index contributed by atoms with van der Waals surface area (Å²) in [5.41, 5.74) is 0. The summed E-state index contributed by atoms with van der Waals surface area (Å²) in [4.78, 5) is 0. The largest absolute Gasteiger partial charge is 0.459 e. The van der Waals surface area contributed by atoms with Gasteiger partial charge in [-0.1, -0.05) is 13.3 Å². The fourth-order valence-corrected chi connectivity index (χ4v) is 0.763. The Bertz CT molecular complexity index is 181. The van der Waals surface area contributed by atoms with Crippen LogP contribution in [0.3, 0.4) is 0 Å². The lowest BCUT2D eigenvalue weighted by molar-refractivity contribution is -0.355. The van der Waals surface area contributed by atoms with Gasteiger partial charge in [-0.3, -0.25) is 0 Å². The molecule has 0 unspecified atom stereocenters. The smallest absolute Gasteiger partial charge is 0.200 e. The minimum atomic E-state index is -6.20. The van der Waals surface area contributed by atoms with E-state index in [9.17, 15) is 30.7 Å². The molecule has 14 heavy (non-hydrogen) atoms. The molecule has 0 saturated carbocycles. The van der Waals surface area contributed by atoms with Crippen molar-refractivity contribution in [2.24, 2.45) is 0 Å². The molecule has 0 bridgehead atoms. The van der Waals surface area contributed by atoms with Crippen molar-refractivity contribution in [3.05, 3.63) is 0 Å². The van der Waals surface area contributed by atoms with E-state index in [1.807, 2.05) is 0 Å². The quantitative estimate of drug-likeness (QED) is 0.635. The van der Waals surface area contributed by atoms with Crippen molar-refractivity contribution in [3.63, 3.8) is 0 Å². The van der Waals surface area contributed by atoms with Crippen molar-refractivity contribution in [2.75, 3.05) is 0 Å². The van der Waals surface area contributed by atoms with E-state index in [1.165, 1.54) is 6.92 Å². The van der Waals surface area contributed by atoms with E-state index in [0.717, 1.165) is 0 Å². The van der Waals surface area contributed by atoms with E-state index in [-0.39, 0.29) is 12.8 Å². The number of hydrogen-bond donors (Lipinski definition) is 0. The molecule has 0 rings (SSSR count). The van der Waals surface area contributed by atoms with Gasteiger partial charge in [-0.2, -0.15) is 30.7 Å². The van der Waals surface area contributed by atoms with Crippen molar-refractivity contribution in [1.29, 1.82) is 0 Å². The molecule has 0 spiro atoms. The van der Waals surface area contributed by atoms with Crippen LogP contribution in [0.15, 0.2) is 0 Å². The van der Waals surface area contributed by atoms with Gasteiger partial charge in [0.25, 0.3) is 0 Å². The summed E-state index contributed by atoms with van der Waals surface area (Å²) in [7, 11) is 0. The van der Waals surface area contributed by atoms with Crippen LogP contribution >= 0.6 is 0 Å². The normalized spacial score (nSPS) is 14.6. The van der Waals surface area contributed by atoms with Crippen molar-refractivity contribution in [1.82, 2.24) is 0 Å². The summed E-state index contributed by atoms with van der Waals surface area (Å²) in [6, 6.07) is 0. The van der Waals surface area contributed by atoms with Crippen LogP contribution in [0.2, 0.25) is 0 Å². The van der Waals surface area contributed by atoms with E-state index in [2.05, 4.69) is 0 Å². The summed E-state index contributed by atoms with van der Waals surface area (Å²) in [6.45, 7) is 1.42. The third-order valence-electron chi connectivity index (χ3n) is 1.66. The SMILES string of the molecule is CCCCC(F)(F)C(F)(F)C(F)(F)F. The van der Waals surface area contributed by atoms with Crippen molar-refractivity contribution >= 4 is 0 Å². The second-order valence-corrected chi connectivity index (χ2v) is 2.88. The van der Waals surface area contributed by atoms with Crippen LogP contribution in [0.1, 0.15) is 26.2 Å². The van der Waals surface area contributed by atoms with Gasteiger partial charge in [0.05, 0.1) is 0 Å². The number of unbranched alkanes of at least 4 members (excludes halogenated alkanes) is 1. The molecule has 0 fully saturated rings. The van der Waals surface area contributed by atoms with E-state index in [0.29, 0.717) is 0 Å². The molecule has 0 aliphatic heterocycles. The Morgan fingerprint density at radius 3 is 1.57 bits per heavy atom. The Kier molecular flexibility index (Phi) is 3.80. The molecule has 7 heteroatoms. The second-order valence-electron chi connectivity index (χ2n) is 2.88. The molecule has 0 aromatic carbocycles. The highest BCUT2D eigenvalue weighted by molar-refractivity contribution is 4.90. The molecule has 0 aliphatic rings. The van der Waals surface area contributed by atoms with Crippen LogP contribution in [0.5, 0.6) is 0 Å². The van der Waals surface area contributed by atoms with Crippen molar-refractivity contribution < 1.29 is 30.7 Å². The molecular weight excluding hydrogens is 217 g/mol. The zero-order valence-corrected chi connectivity index (χ0v) is 7.27. The molecule has 0 N–H and O–H groups in total. The molecule has 86 valence electrons. The van der Waals surface area contributed by atoms with E-state index in [1.54, 1.807) is 0 Å². The fraction of sp³-hybridized carbons (Fsp3) is 1.00. The Morgan fingerprint density at radius 1 is 0.857 bits per heavy atom. The lowest BCUT2D eigenvalue weighted by Crippen LogP contribution is -2.51. The molecule has 0 aromatic rings. The fourth-order valence-electron chi connectivity index (χ4n) is 0.763. The van der Waals surface area contributed by atoms with Crippen LogP contribution in [0, 0.1) is 0 Å². The van der Waals surface area contributed by atoms with Crippen molar-refractivity contribution in [3.8, 4) is 0 Å². The molecular formula is C7H9F7. The van der Waals surface area contributed by atoms with Gasteiger partial charge in [0.2, 0.25) is 0 Å². The summed E-state index contributed by atoms with van der Waals surface area (Å²) in [6.07, 6.45) is -7.91. The average molecular weight is 226 g/mol. The minimum Gasteiger partial charge on any atom is -0.200 e. The van der Waals surface area contributed by atoms with Gasteiger partial charge in [-0.05, 0) is 6.42 Å². The first-order valence-electron chi connectivity index (χ1n) is 3.88. The topological polar surface area (TPSA) is 0 Å². The Labute approximate surface area is 76.1 Å².